The summed E-state index contributed by atoms with van der Waals surface area (Å²) < 4.78 is 0. The Morgan fingerprint density at radius 3 is 2.52 bits per heavy atom. The van der Waals surface area contributed by atoms with Gasteiger partial charge in [0.25, 0.3) is 0 Å². The SMILES string of the molecule is Cc1ccc(CC(C)C(=O)N2CCc3ccccc3C2C(=O)O)cc1. The smallest absolute Gasteiger partial charge is 0.331 e. The largest absolute Gasteiger partial charge is 0.479 e. The van der Waals surface area contributed by atoms with Crippen LogP contribution in [-0.4, -0.2) is 28.4 Å². The average Bonchev–Trinajstić information content (AvgIpc) is 2.61. The van der Waals surface area contributed by atoms with E-state index in [0.29, 0.717) is 19.4 Å². The zero-order valence-electron chi connectivity index (χ0n) is 14.6. The quantitative estimate of drug-likeness (QED) is 0.930. The Labute approximate surface area is 148 Å². The van der Waals surface area contributed by atoms with Crippen LogP contribution in [0.3, 0.4) is 0 Å². The number of aliphatic carboxylic acids is 1. The molecule has 4 nitrogen and oxygen atoms in total. The summed E-state index contributed by atoms with van der Waals surface area (Å²) in [6, 6.07) is 14.7. The number of carboxylic acids is 1. The van der Waals surface area contributed by atoms with E-state index in [-0.39, 0.29) is 11.8 Å². The van der Waals surface area contributed by atoms with Crippen LogP contribution in [0.15, 0.2) is 48.5 Å². The average molecular weight is 337 g/mol. The fourth-order valence-electron chi connectivity index (χ4n) is 3.52. The predicted octanol–water partition coefficient (Wildman–Crippen LogP) is 3.38. The van der Waals surface area contributed by atoms with E-state index >= 15 is 0 Å². The summed E-state index contributed by atoms with van der Waals surface area (Å²) in [6.45, 7) is 4.35. The summed E-state index contributed by atoms with van der Waals surface area (Å²) in [7, 11) is 0. The van der Waals surface area contributed by atoms with Crippen LogP contribution in [0.1, 0.15) is 35.2 Å². The maximum atomic E-state index is 13.0. The van der Waals surface area contributed by atoms with Gasteiger partial charge in [0.2, 0.25) is 5.91 Å². The van der Waals surface area contributed by atoms with Gasteiger partial charge in [-0.3, -0.25) is 4.79 Å². The molecule has 0 aromatic heterocycles. The van der Waals surface area contributed by atoms with Crippen molar-refractivity contribution in [2.75, 3.05) is 6.54 Å². The monoisotopic (exact) mass is 337 g/mol. The summed E-state index contributed by atoms with van der Waals surface area (Å²) in [5.41, 5.74) is 4.03. The molecule has 1 N–H and O–H groups in total. The predicted molar refractivity (Wildman–Crippen MR) is 96.3 cm³/mol. The molecule has 0 fully saturated rings. The molecular formula is C21H23NO3. The Hall–Kier alpha value is -2.62. The second kappa shape index (κ2) is 7.09. The van der Waals surface area contributed by atoms with E-state index in [0.717, 1.165) is 16.7 Å². The number of carboxylic acid groups (broad SMARTS) is 1. The number of hydrogen-bond acceptors (Lipinski definition) is 2. The molecule has 25 heavy (non-hydrogen) atoms. The molecule has 2 unspecified atom stereocenters. The summed E-state index contributed by atoms with van der Waals surface area (Å²) in [5, 5.41) is 9.71. The van der Waals surface area contributed by atoms with E-state index in [9.17, 15) is 14.7 Å². The fraction of sp³-hybridized carbons (Fsp3) is 0.333. The first-order valence-electron chi connectivity index (χ1n) is 8.64. The molecule has 1 aliphatic rings. The Morgan fingerprint density at radius 1 is 1.16 bits per heavy atom. The van der Waals surface area contributed by atoms with Gasteiger partial charge in [-0.15, -0.1) is 0 Å². The Kier molecular flexibility index (Phi) is 4.88. The van der Waals surface area contributed by atoms with Crippen LogP contribution >= 0.6 is 0 Å². The van der Waals surface area contributed by atoms with Crippen LogP contribution in [0.5, 0.6) is 0 Å². The van der Waals surface area contributed by atoms with Crippen molar-refractivity contribution in [2.24, 2.45) is 5.92 Å². The summed E-state index contributed by atoms with van der Waals surface area (Å²) >= 11 is 0. The number of hydrogen-bond donors (Lipinski definition) is 1. The number of rotatable bonds is 4. The van der Waals surface area contributed by atoms with Crippen LogP contribution in [0.2, 0.25) is 0 Å². The van der Waals surface area contributed by atoms with E-state index in [1.165, 1.54) is 10.5 Å². The molecule has 0 spiro atoms. The first-order valence-corrected chi connectivity index (χ1v) is 8.64. The molecule has 2 aromatic carbocycles. The molecule has 0 saturated heterocycles. The topological polar surface area (TPSA) is 57.6 Å². The summed E-state index contributed by atoms with van der Waals surface area (Å²) in [5.74, 6) is -1.32. The maximum Gasteiger partial charge on any atom is 0.331 e. The number of fused-ring (bicyclic) bond motifs is 1. The van der Waals surface area contributed by atoms with Gasteiger partial charge < -0.3 is 10.0 Å². The second-order valence-corrected chi connectivity index (χ2v) is 6.81. The molecule has 3 rings (SSSR count). The van der Waals surface area contributed by atoms with Gasteiger partial charge in [-0.25, -0.2) is 4.79 Å². The Balaban J connectivity index is 1.81. The first-order chi connectivity index (χ1) is 12.0. The van der Waals surface area contributed by atoms with E-state index in [1.807, 2.05) is 62.4 Å². The van der Waals surface area contributed by atoms with Crippen molar-refractivity contribution in [2.45, 2.75) is 32.7 Å². The van der Waals surface area contributed by atoms with Crippen LogP contribution in [0.4, 0.5) is 0 Å². The molecule has 0 aliphatic carbocycles. The van der Waals surface area contributed by atoms with Crippen LogP contribution < -0.4 is 0 Å². The fourth-order valence-corrected chi connectivity index (χ4v) is 3.52. The summed E-state index contributed by atoms with van der Waals surface area (Å²) in [4.78, 5) is 26.3. The van der Waals surface area contributed by atoms with Crippen molar-refractivity contribution in [1.29, 1.82) is 0 Å². The minimum Gasteiger partial charge on any atom is -0.479 e. The van der Waals surface area contributed by atoms with E-state index in [2.05, 4.69) is 0 Å². The lowest BCUT2D eigenvalue weighted by molar-refractivity contribution is -0.152. The van der Waals surface area contributed by atoms with Gasteiger partial charge in [-0.1, -0.05) is 61.0 Å². The molecule has 1 amide bonds. The highest BCUT2D eigenvalue weighted by Crippen LogP contribution is 2.31. The molecule has 4 heteroatoms. The van der Waals surface area contributed by atoms with E-state index in [1.54, 1.807) is 0 Å². The zero-order chi connectivity index (χ0) is 18.0. The third-order valence-corrected chi connectivity index (χ3v) is 4.88. The molecule has 0 radical (unpaired) electrons. The highest BCUT2D eigenvalue weighted by atomic mass is 16.4. The standard InChI is InChI=1S/C21H23NO3/c1-14-7-9-16(10-8-14)13-15(2)20(23)22-12-11-17-5-3-4-6-18(17)19(22)21(24)25/h3-10,15,19H,11-13H2,1-2H3,(H,24,25). The minimum absolute atomic E-state index is 0.0949. The lowest BCUT2D eigenvalue weighted by Gasteiger charge is -2.36. The number of amides is 1. The van der Waals surface area contributed by atoms with Crippen molar-refractivity contribution in [3.8, 4) is 0 Å². The van der Waals surface area contributed by atoms with Crippen molar-refractivity contribution in [3.63, 3.8) is 0 Å². The lowest BCUT2D eigenvalue weighted by Crippen LogP contribution is -2.46. The van der Waals surface area contributed by atoms with E-state index < -0.39 is 12.0 Å². The third kappa shape index (κ3) is 3.58. The minimum atomic E-state index is -0.969. The van der Waals surface area contributed by atoms with Gasteiger partial charge in [-0.2, -0.15) is 0 Å². The molecule has 130 valence electrons. The zero-order valence-corrected chi connectivity index (χ0v) is 14.6. The molecule has 0 bridgehead atoms. The molecular weight excluding hydrogens is 314 g/mol. The van der Waals surface area contributed by atoms with Gasteiger partial charge in [0, 0.05) is 12.5 Å². The van der Waals surface area contributed by atoms with Crippen LogP contribution in [0.25, 0.3) is 0 Å². The maximum absolute atomic E-state index is 13.0. The number of benzene rings is 2. The number of nitrogens with zero attached hydrogens (tertiary/aromatic N) is 1. The Bertz CT molecular complexity index is 782. The van der Waals surface area contributed by atoms with Crippen molar-refractivity contribution in [1.82, 2.24) is 4.90 Å². The summed E-state index contributed by atoms with van der Waals surface area (Å²) in [6.07, 6.45) is 1.31. The highest BCUT2D eigenvalue weighted by molar-refractivity contribution is 5.86. The van der Waals surface area contributed by atoms with Crippen molar-refractivity contribution >= 4 is 11.9 Å². The van der Waals surface area contributed by atoms with Crippen LogP contribution in [-0.2, 0) is 22.4 Å². The van der Waals surface area contributed by atoms with Crippen molar-refractivity contribution < 1.29 is 14.7 Å². The molecule has 1 aliphatic heterocycles. The third-order valence-electron chi connectivity index (χ3n) is 4.88. The number of aryl methyl sites for hydroxylation is 1. The van der Waals surface area contributed by atoms with Gasteiger partial charge in [0.1, 0.15) is 0 Å². The number of carbonyl (C=O) groups excluding carboxylic acids is 1. The van der Waals surface area contributed by atoms with Gasteiger partial charge in [0.15, 0.2) is 6.04 Å². The molecule has 2 aromatic rings. The molecule has 0 saturated carbocycles. The van der Waals surface area contributed by atoms with Gasteiger partial charge in [-0.05, 0) is 36.5 Å². The van der Waals surface area contributed by atoms with Gasteiger partial charge >= 0.3 is 5.97 Å². The van der Waals surface area contributed by atoms with E-state index in [4.69, 9.17) is 0 Å². The Morgan fingerprint density at radius 2 is 1.84 bits per heavy atom. The highest BCUT2D eigenvalue weighted by Gasteiger charge is 2.37. The van der Waals surface area contributed by atoms with Crippen LogP contribution in [0, 0.1) is 12.8 Å². The molecule has 2 atom stereocenters. The molecule has 1 heterocycles. The van der Waals surface area contributed by atoms with Gasteiger partial charge in [0.05, 0.1) is 0 Å². The van der Waals surface area contributed by atoms with Crippen molar-refractivity contribution in [3.05, 3.63) is 70.8 Å². The number of carbonyl (C=O) groups is 2. The second-order valence-electron chi connectivity index (χ2n) is 6.81. The first kappa shape index (κ1) is 17.2. The normalized spacial score (nSPS) is 17.7. The lowest BCUT2D eigenvalue weighted by atomic mass is 9.90.